The SMILES string of the molecule is CCCCCNCCN(CCC(C)C)C1CCCC1. The molecule has 2 heteroatoms. The molecule has 0 atom stereocenters. The van der Waals surface area contributed by atoms with E-state index in [4.69, 9.17) is 0 Å². The molecule has 0 saturated heterocycles. The van der Waals surface area contributed by atoms with Crippen LogP contribution in [-0.4, -0.2) is 37.1 Å². The molecule has 114 valence electrons. The molecule has 1 fully saturated rings. The third-order valence-electron chi connectivity index (χ3n) is 4.37. The van der Waals surface area contributed by atoms with Gasteiger partial charge in [0, 0.05) is 19.1 Å². The summed E-state index contributed by atoms with van der Waals surface area (Å²) >= 11 is 0. The highest BCUT2D eigenvalue weighted by Gasteiger charge is 2.21. The molecule has 0 spiro atoms. The molecular weight excluding hydrogens is 232 g/mol. The number of unbranched alkanes of at least 4 members (excludes halogenated alkanes) is 2. The zero-order valence-electron chi connectivity index (χ0n) is 13.6. The quantitative estimate of drug-likeness (QED) is 0.569. The van der Waals surface area contributed by atoms with Crippen LogP contribution in [0.15, 0.2) is 0 Å². The summed E-state index contributed by atoms with van der Waals surface area (Å²) in [6.45, 7) is 11.9. The van der Waals surface area contributed by atoms with E-state index >= 15 is 0 Å². The van der Waals surface area contributed by atoms with Gasteiger partial charge in [-0.15, -0.1) is 0 Å². The van der Waals surface area contributed by atoms with Gasteiger partial charge < -0.3 is 5.32 Å². The van der Waals surface area contributed by atoms with Crippen molar-refractivity contribution >= 4 is 0 Å². The number of nitrogens with one attached hydrogen (secondary N) is 1. The summed E-state index contributed by atoms with van der Waals surface area (Å²) in [6, 6.07) is 0.885. The van der Waals surface area contributed by atoms with Crippen molar-refractivity contribution in [2.45, 2.75) is 78.2 Å². The Balaban J connectivity index is 2.16. The van der Waals surface area contributed by atoms with Crippen molar-refractivity contribution in [3.63, 3.8) is 0 Å². The Kier molecular flexibility index (Phi) is 9.54. The Morgan fingerprint density at radius 1 is 1.05 bits per heavy atom. The Morgan fingerprint density at radius 2 is 1.79 bits per heavy atom. The number of nitrogens with zero attached hydrogens (tertiary/aromatic N) is 1. The van der Waals surface area contributed by atoms with Crippen LogP contribution >= 0.6 is 0 Å². The Morgan fingerprint density at radius 3 is 2.42 bits per heavy atom. The standard InChI is InChI=1S/C17H36N2/c1-4-5-8-12-18-13-15-19(14-11-16(2)3)17-9-6-7-10-17/h16-18H,4-15H2,1-3H3. The lowest BCUT2D eigenvalue weighted by Gasteiger charge is -2.29. The van der Waals surface area contributed by atoms with Crippen LogP contribution in [0.2, 0.25) is 0 Å². The molecule has 0 amide bonds. The van der Waals surface area contributed by atoms with Gasteiger partial charge in [0.15, 0.2) is 0 Å². The van der Waals surface area contributed by atoms with Gasteiger partial charge in [-0.05, 0) is 44.7 Å². The van der Waals surface area contributed by atoms with Crippen molar-refractivity contribution in [1.29, 1.82) is 0 Å². The number of rotatable bonds is 11. The summed E-state index contributed by atoms with van der Waals surface area (Å²) in [4.78, 5) is 2.76. The van der Waals surface area contributed by atoms with Crippen LogP contribution in [0.4, 0.5) is 0 Å². The predicted octanol–water partition coefficient (Wildman–Crippen LogP) is 4.06. The van der Waals surface area contributed by atoms with Crippen LogP contribution < -0.4 is 5.32 Å². The van der Waals surface area contributed by atoms with Crippen LogP contribution in [0.3, 0.4) is 0 Å². The van der Waals surface area contributed by atoms with Crippen LogP contribution in [0, 0.1) is 5.92 Å². The van der Waals surface area contributed by atoms with Crippen molar-refractivity contribution in [2.24, 2.45) is 5.92 Å². The fourth-order valence-corrected chi connectivity index (χ4v) is 3.02. The molecule has 1 aliphatic rings. The van der Waals surface area contributed by atoms with Gasteiger partial charge in [-0.1, -0.05) is 46.5 Å². The summed E-state index contributed by atoms with van der Waals surface area (Å²) in [5, 5.41) is 3.62. The van der Waals surface area contributed by atoms with Gasteiger partial charge in [-0.3, -0.25) is 4.90 Å². The molecule has 0 aliphatic heterocycles. The van der Waals surface area contributed by atoms with E-state index in [1.807, 2.05) is 0 Å². The van der Waals surface area contributed by atoms with Gasteiger partial charge in [0.05, 0.1) is 0 Å². The first kappa shape index (κ1) is 17.0. The second-order valence-corrected chi connectivity index (χ2v) is 6.61. The fourth-order valence-electron chi connectivity index (χ4n) is 3.02. The molecular formula is C17H36N2. The van der Waals surface area contributed by atoms with Gasteiger partial charge in [0.25, 0.3) is 0 Å². The summed E-state index contributed by atoms with van der Waals surface area (Å²) in [5.74, 6) is 0.835. The molecule has 0 radical (unpaired) electrons. The lowest BCUT2D eigenvalue weighted by Crippen LogP contribution is -2.39. The van der Waals surface area contributed by atoms with Crippen LogP contribution in [0.5, 0.6) is 0 Å². The molecule has 1 aliphatic carbocycles. The van der Waals surface area contributed by atoms with E-state index in [2.05, 4.69) is 31.0 Å². The highest BCUT2D eigenvalue weighted by Crippen LogP contribution is 2.23. The van der Waals surface area contributed by atoms with E-state index in [-0.39, 0.29) is 0 Å². The molecule has 0 unspecified atom stereocenters. The van der Waals surface area contributed by atoms with E-state index in [1.165, 1.54) is 77.5 Å². The summed E-state index contributed by atoms with van der Waals surface area (Å²) in [6.07, 6.45) is 11.2. The van der Waals surface area contributed by atoms with Crippen molar-refractivity contribution in [3.05, 3.63) is 0 Å². The molecule has 0 aromatic carbocycles. The maximum absolute atomic E-state index is 3.62. The monoisotopic (exact) mass is 268 g/mol. The predicted molar refractivity (Wildman–Crippen MR) is 85.7 cm³/mol. The van der Waals surface area contributed by atoms with E-state index in [0.717, 1.165) is 12.0 Å². The zero-order valence-corrected chi connectivity index (χ0v) is 13.6. The lowest BCUT2D eigenvalue weighted by molar-refractivity contribution is 0.188. The maximum Gasteiger partial charge on any atom is 0.0110 e. The molecule has 0 bridgehead atoms. The number of hydrogen-bond acceptors (Lipinski definition) is 2. The van der Waals surface area contributed by atoms with Gasteiger partial charge in [0.1, 0.15) is 0 Å². The Hall–Kier alpha value is -0.0800. The molecule has 0 aromatic rings. The Labute approximate surface area is 121 Å². The van der Waals surface area contributed by atoms with Crippen molar-refractivity contribution in [3.8, 4) is 0 Å². The first-order valence-corrected chi connectivity index (χ1v) is 8.68. The molecule has 1 saturated carbocycles. The average Bonchev–Trinajstić information content (AvgIpc) is 2.90. The summed E-state index contributed by atoms with van der Waals surface area (Å²) < 4.78 is 0. The third kappa shape index (κ3) is 7.94. The fraction of sp³-hybridized carbons (Fsp3) is 1.00. The number of hydrogen-bond donors (Lipinski definition) is 1. The molecule has 1 N–H and O–H groups in total. The molecule has 0 heterocycles. The average molecular weight is 268 g/mol. The van der Waals surface area contributed by atoms with E-state index in [9.17, 15) is 0 Å². The normalized spacial score (nSPS) is 16.9. The second kappa shape index (κ2) is 10.7. The van der Waals surface area contributed by atoms with Crippen LogP contribution in [-0.2, 0) is 0 Å². The van der Waals surface area contributed by atoms with Crippen LogP contribution in [0.25, 0.3) is 0 Å². The highest BCUT2D eigenvalue weighted by molar-refractivity contribution is 4.78. The smallest absolute Gasteiger partial charge is 0.0110 e. The molecule has 2 nitrogen and oxygen atoms in total. The second-order valence-electron chi connectivity index (χ2n) is 6.61. The minimum absolute atomic E-state index is 0.835. The van der Waals surface area contributed by atoms with Crippen molar-refractivity contribution in [2.75, 3.05) is 26.2 Å². The topological polar surface area (TPSA) is 15.3 Å². The van der Waals surface area contributed by atoms with Crippen LogP contribution in [0.1, 0.15) is 72.1 Å². The van der Waals surface area contributed by atoms with Crippen molar-refractivity contribution in [1.82, 2.24) is 10.2 Å². The molecule has 1 rings (SSSR count). The van der Waals surface area contributed by atoms with Crippen molar-refractivity contribution < 1.29 is 0 Å². The van der Waals surface area contributed by atoms with Gasteiger partial charge in [-0.25, -0.2) is 0 Å². The van der Waals surface area contributed by atoms with E-state index in [1.54, 1.807) is 0 Å². The minimum Gasteiger partial charge on any atom is -0.315 e. The van der Waals surface area contributed by atoms with Gasteiger partial charge >= 0.3 is 0 Å². The summed E-state index contributed by atoms with van der Waals surface area (Å²) in [5.41, 5.74) is 0. The maximum atomic E-state index is 3.62. The first-order valence-electron chi connectivity index (χ1n) is 8.68. The van der Waals surface area contributed by atoms with E-state index in [0.29, 0.717) is 0 Å². The zero-order chi connectivity index (χ0) is 13.9. The first-order chi connectivity index (χ1) is 9.24. The van der Waals surface area contributed by atoms with Gasteiger partial charge in [0.2, 0.25) is 0 Å². The lowest BCUT2D eigenvalue weighted by atomic mass is 10.1. The summed E-state index contributed by atoms with van der Waals surface area (Å²) in [7, 11) is 0. The molecule has 19 heavy (non-hydrogen) atoms. The molecule has 0 aromatic heterocycles. The highest BCUT2D eigenvalue weighted by atomic mass is 15.2. The van der Waals surface area contributed by atoms with E-state index < -0.39 is 0 Å². The minimum atomic E-state index is 0.835. The Bertz CT molecular complexity index is 197. The van der Waals surface area contributed by atoms with Gasteiger partial charge in [-0.2, -0.15) is 0 Å². The largest absolute Gasteiger partial charge is 0.315 e. The third-order valence-corrected chi connectivity index (χ3v) is 4.37.